The maximum Gasteiger partial charge on any atom is 0.335 e. The second kappa shape index (κ2) is 5.92. The van der Waals surface area contributed by atoms with E-state index < -0.39 is 16.0 Å². The van der Waals surface area contributed by atoms with Gasteiger partial charge in [-0.15, -0.1) is 0 Å². The lowest BCUT2D eigenvalue weighted by Gasteiger charge is -2.07. The van der Waals surface area contributed by atoms with Gasteiger partial charge in [0.15, 0.2) is 0 Å². The van der Waals surface area contributed by atoms with E-state index in [2.05, 4.69) is 9.71 Å². The van der Waals surface area contributed by atoms with Crippen LogP contribution in [0.15, 0.2) is 42.6 Å². The molecule has 1 heterocycles. The minimum atomic E-state index is -3.59. The third-order valence-electron chi connectivity index (χ3n) is 2.73. The molecule has 0 amide bonds. The van der Waals surface area contributed by atoms with Crippen LogP contribution < -0.4 is 4.72 Å². The molecule has 0 unspecified atom stereocenters. The number of nitrogens with zero attached hydrogens (tertiary/aromatic N) is 1. The van der Waals surface area contributed by atoms with Gasteiger partial charge < -0.3 is 5.11 Å². The Bertz CT molecular complexity index is 738. The predicted molar refractivity (Wildman–Crippen MR) is 78.6 cm³/mol. The molecule has 0 saturated carbocycles. The van der Waals surface area contributed by atoms with Crippen molar-refractivity contribution in [3.63, 3.8) is 0 Å². The van der Waals surface area contributed by atoms with Gasteiger partial charge >= 0.3 is 5.97 Å². The van der Waals surface area contributed by atoms with Gasteiger partial charge in [0, 0.05) is 6.20 Å². The number of hydrogen-bond donors (Lipinski definition) is 2. The molecular weight excluding hydrogens is 292 g/mol. The Hall–Kier alpha value is -2.41. The number of aryl methyl sites for hydroxylation is 1. The lowest BCUT2D eigenvalue weighted by Crippen LogP contribution is -2.16. The lowest BCUT2D eigenvalue weighted by molar-refractivity contribution is 0.0697. The second-order valence-electron chi connectivity index (χ2n) is 4.58. The minimum Gasteiger partial charge on any atom is -0.478 e. The van der Waals surface area contributed by atoms with Crippen molar-refractivity contribution in [3.05, 3.63) is 59.3 Å². The summed E-state index contributed by atoms with van der Waals surface area (Å²) in [6, 6.07) is 9.04. The smallest absolute Gasteiger partial charge is 0.335 e. The fourth-order valence-electron chi connectivity index (χ4n) is 1.69. The molecule has 0 saturated heterocycles. The minimum absolute atomic E-state index is 0.115. The summed E-state index contributed by atoms with van der Waals surface area (Å²) in [7, 11) is -3.59. The van der Waals surface area contributed by atoms with E-state index in [0.717, 1.165) is 5.56 Å². The van der Waals surface area contributed by atoms with Crippen LogP contribution >= 0.6 is 0 Å². The van der Waals surface area contributed by atoms with Crippen LogP contribution in [-0.2, 0) is 15.8 Å². The van der Waals surface area contributed by atoms with Crippen LogP contribution in [0.5, 0.6) is 0 Å². The Labute approximate surface area is 122 Å². The summed E-state index contributed by atoms with van der Waals surface area (Å²) in [5.74, 6) is -1.04. The molecule has 0 aliphatic carbocycles. The van der Waals surface area contributed by atoms with Crippen LogP contribution in [-0.4, -0.2) is 24.5 Å². The first-order valence-corrected chi connectivity index (χ1v) is 7.76. The van der Waals surface area contributed by atoms with Crippen LogP contribution in [0.2, 0.25) is 0 Å². The molecule has 1 aromatic heterocycles. The molecule has 0 bridgehead atoms. The Morgan fingerprint density at radius 3 is 2.38 bits per heavy atom. The van der Waals surface area contributed by atoms with Crippen LogP contribution in [0.1, 0.15) is 21.5 Å². The van der Waals surface area contributed by atoms with Gasteiger partial charge in [-0.25, -0.2) is 18.2 Å². The number of carbonyl (C=O) groups is 1. The summed E-state index contributed by atoms with van der Waals surface area (Å²) in [6.45, 7) is 1.86. The Morgan fingerprint density at radius 1 is 1.19 bits per heavy atom. The highest BCUT2D eigenvalue weighted by molar-refractivity contribution is 7.91. The average molecular weight is 306 g/mol. The fraction of sp³-hybridized carbons (Fsp3) is 0.143. The number of hydrogen-bond acceptors (Lipinski definition) is 4. The SMILES string of the molecule is Cc1ccc(NS(=O)(=O)Cc2ccc(C(=O)O)cc2)nc1. The number of anilines is 1. The summed E-state index contributed by atoms with van der Waals surface area (Å²) in [5.41, 5.74) is 1.55. The summed E-state index contributed by atoms with van der Waals surface area (Å²) >= 11 is 0. The van der Waals surface area contributed by atoms with Crippen LogP contribution in [0.4, 0.5) is 5.82 Å². The summed E-state index contributed by atoms with van der Waals surface area (Å²) < 4.78 is 26.4. The normalized spacial score (nSPS) is 11.1. The largest absolute Gasteiger partial charge is 0.478 e. The number of rotatable bonds is 5. The first kappa shape index (κ1) is 15.0. The zero-order valence-corrected chi connectivity index (χ0v) is 12.1. The number of carboxylic acids is 1. The Morgan fingerprint density at radius 2 is 1.86 bits per heavy atom. The van der Waals surface area contributed by atoms with Crippen molar-refractivity contribution < 1.29 is 18.3 Å². The topological polar surface area (TPSA) is 96.4 Å². The van der Waals surface area contributed by atoms with Crippen LogP contribution in [0.3, 0.4) is 0 Å². The summed E-state index contributed by atoms with van der Waals surface area (Å²) in [6.07, 6.45) is 1.57. The van der Waals surface area contributed by atoms with Gasteiger partial charge in [0.05, 0.1) is 11.3 Å². The van der Waals surface area contributed by atoms with E-state index >= 15 is 0 Å². The first-order chi connectivity index (χ1) is 9.85. The lowest BCUT2D eigenvalue weighted by atomic mass is 10.1. The summed E-state index contributed by atoms with van der Waals surface area (Å²) in [5, 5.41) is 8.79. The number of nitrogens with one attached hydrogen (secondary N) is 1. The van der Waals surface area contributed by atoms with Gasteiger partial charge in [0.1, 0.15) is 5.82 Å². The number of carboxylic acid groups (broad SMARTS) is 1. The second-order valence-corrected chi connectivity index (χ2v) is 6.31. The zero-order valence-electron chi connectivity index (χ0n) is 11.3. The fourth-order valence-corrected chi connectivity index (χ4v) is 2.83. The van der Waals surface area contributed by atoms with Crippen molar-refractivity contribution in [1.82, 2.24) is 4.98 Å². The summed E-state index contributed by atoms with van der Waals surface area (Å²) in [4.78, 5) is 14.7. The van der Waals surface area contributed by atoms with E-state index in [4.69, 9.17) is 5.11 Å². The van der Waals surface area contributed by atoms with Gasteiger partial charge in [-0.3, -0.25) is 4.72 Å². The number of aromatic carboxylic acids is 1. The first-order valence-electron chi connectivity index (χ1n) is 6.11. The van der Waals surface area contributed by atoms with Crippen LogP contribution in [0, 0.1) is 6.92 Å². The number of benzene rings is 1. The van der Waals surface area contributed by atoms with Crippen molar-refractivity contribution in [1.29, 1.82) is 0 Å². The van der Waals surface area contributed by atoms with E-state index in [1.165, 1.54) is 24.3 Å². The van der Waals surface area contributed by atoms with Crippen molar-refractivity contribution in [3.8, 4) is 0 Å². The van der Waals surface area contributed by atoms with Crippen molar-refractivity contribution in [2.45, 2.75) is 12.7 Å². The van der Waals surface area contributed by atoms with E-state index in [1.807, 2.05) is 6.92 Å². The van der Waals surface area contributed by atoms with E-state index in [1.54, 1.807) is 18.3 Å². The molecule has 0 aliphatic rings. The average Bonchev–Trinajstić information content (AvgIpc) is 2.41. The quantitative estimate of drug-likeness (QED) is 0.881. The van der Waals surface area contributed by atoms with Gasteiger partial charge in [-0.2, -0.15) is 0 Å². The Kier molecular flexibility index (Phi) is 4.23. The van der Waals surface area contributed by atoms with Gasteiger partial charge in [0.2, 0.25) is 10.0 Å². The number of aromatic nitrogens is 1. The molecule has 21 heavy (non-hydrogen) atoms. The Balaban J connectivity index is 2.10. The molecule has 0 atom stereocenters. The molecule has 0 fully saturated rings. The van der Waals surface area contributed by atoms with Crippen molar-refractivity contribution in [2.75, 3.05) is 4.72 Å². The van der Waals surface area contributed by atoms with Crippen LogP contribution in [0.25, 0.3) is 0 Å². The molecule has 0 spiro atoms. The molecule has 0 radical (unpaired) electrons. The van der Waals surface area contributed by atoms with E-state index in [9.17, 15) is 13.2 Å². The predicted octanol–water partition coefficient (Wildman–Crippen LogP) is 2.03. The molecule has 7 heteroatoms. The molecule has 6 nitrogen and oxygen atoms in total. The van der Waals surface area contributed by atoms with E-state index in [-0.39, 0.29) is 17.1 Å². The van der Waals surface area contributed by atoms with Crippen molar-refractivity contribution in [2.24, 2.45) is 0 Å². The van der Waals surface area contributed by atoms with E-state index in [0.29, 0.717) is 5.56 Å². The monoisotopic (exact) mass is 306 g/mol. The number of sulfonamides is 1. The maximum absolute atomic E-state index is 12.0. The molecule has 110 valence electrons. The highest BCUT2D eigenvalue weighted by Crippen LogP contribution is 2.12. The standard InChI is InChI=1S/C14H14N2O4S/c1-10-2-7-13(15-8-10)16-21(19,20)9-11-3-5-12(6-4-11)14(17)18/h2-8H,9H2,1H3,(H,15,16)(H,17,18). The number of pyridine rings is 1. The highest BCUT2D eigenvalue weighted by atomic mass is 32.2. The molecule has 0 aliphatic heterocycles. The third-order valence-corrected chi connectivity index (χ3v) is 3.96. The van der Waals surface area contributed by atoms with Gasteiger partial charge in [0.25, 0.3) is 0 Å². The molecular formula is C14H14N2O4S. The highest BCUT2D eigenvalue weighted by Gasteiger charge is 2.13. The molecule has 2 aromatic rings. The van der Waals surface area contributed by atoms with Gasteiger partial charge in [-0.05, 0) is 36.2 Å². The van der Waals surface area contributed by atoms with Crippen molar-refractivity contribution >= 4 is 21.8 Å². The molecule has 1 aromatic carbocycles. The molecule has 2 rings (SSSR count). The zero-order chi connectivity index (χ0) is 15.5. The molecule has 2 N–H and O–H groups in total. The maximum atomic E-state index is 12.0. The third kappa shape index (κ3) is 4.28. The van der Waals surface area contributed by atoms with Gasteiger partial charge in [-0.1, -0.05) is 18.2 Å².